The number of fused-ring (bicyclic) bond motifs is 3. The molecule has 174 valence electrons. The molecule has 3 aliphatic rings. The van der Waals surface area contributed by atoms with Gasteiger partial charge in [0.2, 0.25) is 6.79 Å². The molecule has 2 aromatic carbocycles. The Morgan fingerprint density at radius 3 is 2.74 bits per heavy atom. The van der Waals surface area contributed by atoms with E-state index in [9.17, 15) is 4.79 Å². The highest BCUT2D eigenvalue weighted by molar-refractivity contribution is 6.18. The second kappa shape index (κ2) is 7.24. The number of aliphatic imine (C=N–C) groups is 1. The Morgan fingerprint density at radius 2 is 1.94 bits per heavy atom. The van der Waals surface area contributed by atoms with Gasteiger partial charge in [-0.2, -0.15) is 5.10 Å². The number of nitrogens with zero attached hydrogens (tertiary/aromatic N) is 4. The van der Waals surface area contributed by atoms with E-state index in [1.165, 1.54) is 0 Å². The normalized spacial score (nSPS) is 20.5. The average molecular weight is 460 g/mol. The van der Waals surface area contributed by atoms with E-state index >= 15 is 0 Å². The number of anilines is 1. The maximum absolute atomic E-state index is 13.3. The molecular weight excluding hydrogens is 434 g/mol. The molecule has 0 bridgehead atoms. The van der Waals surface area contributed by atoms with E-state index in [0.29, 0.717) is 23.1 Å². The molecule has 3 aliphatic heterocycles. The highest BCUT2D eigenvalue weighted by Gasteiger charge is 2.48. The number of urea groups is 1. The second-order valence-corrected chi connectivity index (χ2v) is 9.54. The minimum absolute atomic E-state index is 0.197. The average Bonchev–Trinajstić information content (AvgIpc) is 3.52. The van der Waals surface area contributed by atoms with Crippen LogP contribution in [0.15, 0.2) is 53.7 Å². The molecule has 9 nitrogen and oxygen atoms in total. The zero-order valence-electron chi connectivity index (χ0n) is 19.4. The number of rotatable bonds is 3. The first-order valence-corrected chi connectivity index (χ1v) is 11.2. The fourth-order valence-electron chi connectivity index (χ4n) is 4.86. The smallest absolute Gasteiger partial charge is 0.328 e. The van der Waals surface area contributed by atoms with Crippen LogP contribution in [-0.4, -0.2) is 41.6 Å². The van der Waals surface area contributed by atoms with Gasteiger partial charge in [0.25, 0.3) is 0 Å². The van der Waals surface area contributed by atoms with Crippen molar-refractivity contribution in [3.8, 4) is 17.2 Å². The van der Waals surface area contributed by atoms with Gasteiger partial charge in [-0.05, 0) is 50.6 Å². The van der Waals surface area contributed by atoms with Crippen LogP contribution in [0.4, 0.5) is 16.3 Å². The van der Waals surface area contributed by atoms with Crippen molar-refractivity contribution in [1.82, 2.24) is 15.1 Å². The molecule has 2 atom stereocenters. The lowest BCUT2D eigenvalue weighted by Crippen LogP contribution is -2.42. The van der Waals surface area contributed by atoms with Gasteiger partial charge < -0.3 is 14.2 Å². The lowest BCUT2D eigenvalue weighted by atomic mass is 9.83. The van der Waals surface area contributed by atoms with Crippen molar-refractivity contribution in [3.05, 3.63) is 59.8 Å². The molecule has 2 unspecified atom stereocenters. The molecule has 1 fully saturated rings. The Kier molecular flexibility index (Phi) is 4.39. The first kappa shape index (κ1) is 20.6. The van der Waals surface area contributed by atoms with Crippen molar-refractivity contribution in [1.29, 1.82) is 0 Å². The van der Waals surface area contributed by atoms with Crippen LogP contribution in [0, 0.1) is 0 Å². The highest BCUT2D eigenvalue weighted by atomic mass is 16.7. The molecule has 2 amide bonds. The third-order valence-corrected chi connectivity index (χ3v) is 6.38. The number of methoxy groups -OCH3 is 1. The van der Waals surface area contributed by atoms with Crippen LogP contribution >= 0.6 is 0 Å². The maximum Gasteiger partial charge on any atom is 0.328 e. The predicted molar refractivity (Wildman–Crippen MR) is 127 cm³/mol. The quantitative estimate of drug-likeness (QED) is 0.636. The minimum Gasteiger partial charge on any atom is -0.497 e. The molecule has 0 radical (unpaired) electrons. The van der Waals surface area contributed by atoms with Crippen LogP contribution in [0.5, 0.6) is 17.2 Å². The van der Waals surface area contributed by atoms with Crippen molar-refractivity contribution in [2.75, 3.05) is 18.8 Å². The Labute approximate surface area is 196 Å². The molecule has 4 heterocycles. The van der Waals surface area contributed by atoms with Crippen molar-refractivity contribution >= 4 is 23.4 Å². The van der Waals surface area contributed by atoms with E-state index < -0.39 is 0 Å². The predicted octanol–water partition coefficient (Wildman–Crippen LogP) is 4.15. The molecule has 6 rings (SSSR count). The molecular formula is C25H25N5O4. The summed E-state index contributed by atoms with van der Waals surface area (Å²) in [6.07, 6.45) is 1.86. The number of hydrogen-bond acceptors (Lipinski definition) is 6. The molecule has 0 spiro atoms. The fraction of sp³-hybridized carbons (Fsp3) is 0.320. The lowest BCUT2D eigenvalue weighted by molar-refractivity contribution is 0.174. The molecule has 9 heteroatoms. The van der Waals surface area contributed by atoms with Crippen LogP contribution in [0.2, 0.25) is 0 Å². The third kappa shape index (κ3) is 3.03. The molecule has 34 heavy (non-hydrogen) atoms. The van der Waals surface area contributed by atoms with Crippen molar-refractivity contribution in [3.63, 3.8) is 0 Å². The van der Waals surface area contributed by atoms with Gasteiger partial charge in [-0.1, -0.05) is 12.1 Å². The Hall–Kier alpha value is -4.01. The number of benzene rings is 2. The first-order chi connectivity index (χ1) is 16.3. The van der Waals surface area contributed by atoms with Crippen LogP contribution in [-0.2, 0) is 5.54 Å². The van der Waals surface area contributed by atoms with Gasteiger partial charge in [-0.25, -0.2) is 14.5 Å². The largest absolute Gasteiger partial charge is 0.497 e. The molecule has 0 aliphatic carbocycles. The van der Waals surface area contributed by atoms with E-state index in [2.05, 4.69) is 26.1 Å². The van der Waals surface area contributed by atoms with Gasteiger partial charge in [0.05, 0.1) is 18.8 Å². The number of hydrogen-bond donors (Lipinski definition) is 1. The summed E-state index contributed by atoms with van der Waals surface area (Å²) >= 11 is 0. The van der Waals surface area contributed by atoms with E-state index in [0.717, 1.165) is 22.6 Å². The fourth-order valence-corrected chi connectivity index (χ4v) is 4.86. The Bertz CT molecular complexity index is 1340. The van der Waals surface area contributed by atoms with Crippen molar-refractivity contribution in [2.45, 2.75) is 38.3 Å². The molecule has 1 N–H and O–H groups in total. The monoisotopic (exact) mass is 459 g/mol. The molecule has 1 saturated heterocycles. The SMILES string of the molecule is COc1cccc(N2C(=O)NC3=Nc4c(cnn4C(C)(C)C)C(c4ccc5c(c4)OCO5)C32)c1. The second-order valence-electron chi connectivity index (χ2n) is 9.54. The van der Waals surface area contributed by atoms with Crippen LogP contribution in [0.1, 0.15) is 37.8 Å². The van der Waals surface area contributed by atoms with Crippen LogP contribution in [0.25, 0.3) is 0 Å². The summed E-state index contributed by atoms with van der Waals surface area (Å²) in [5, 5.41) is 7.69. The Balaban J connectivity index is 1.55. The van der Waals surface area contributed by atoms with Crippen LogP contribution in [0.3, 0.4) is 0 Å². The summed E-state index contributed by atoms with van der Waals surface area (Å²) in [6.45, 7) is 6.44. The summed E-state index contributed by atoms with van der Waals surface area (Å²) in [7, 11) is 1.61. The van der Waals surface area contributed by atoms with Crippen molar-refractivity contribution < 1.29 is 19.0 Å². The number of carbonyl (C=O) groups excluding carboxylic acids is 1. The standard InChI is InChI=1S/C25H25N5O4/c1-25(2,3)30-23-17(12-26-30)20(14-8-9-18-19(10-14)34-13-33-18)21-22(27-23)28-24(31)29(21)15-6-5-7-16(11-15)32-4/h5-12,20-21H,13H2,1-4H3,(H,27,28,31). The van der Waals surface area contributed by atoms with E-state index in [1.807, 2.05) is 53.3 Å². The van der Waals surface area contributed by atoms with Gasteiger partial charge in [-0.3, -0.25) is 10.2 Å². The number of nitrogens with one attached hydrogen (secondary N) is 1. The third-order valence-electron chi connectivity index (χ3n) is 6.38. The number of amidine groups is 1. The summed E-state index contributed by atoms with van der Waals surface area (Å²) < 4.78 is 18.5. The molecule has 1 aromatic heterocycles. The number of ether oxygens (including phenoxy) is 3. The Morgan fingerprint density at radius 1 is 1.12 bits per heavy atom. The number of aromatic nitrogens is 2. The van der Waals surface area contributed by atoms with Crippen LogP contribution < -0.4 is 24.4 Å². The minimum atomic E-state index is -0.384. The summed E-state index contributed by atoms with van der Waals surface area (Å²) in [6, 6.07) is 12.8. The van der Waals surface area contributed by atoms with Gasteiger partial charge in [0.1, 0.15) is 17.6 Å². The van der Waals surface area contributed by atoms with Gasteiger partial charge in [0, 0.05) is 23.2 Å². The van der Waals surface area contributed by atoms with E-state index in [4.69, 9.17) is 24.3 Å². The van der Waals surface area contributed by atoms with E-state index in [-0.39, 0.29) is 30.3 Å². The van der Waals surface area contributed by atoms with Gasteiger partial charge >= 0.3 is 6.03 Å². The van der Waals surface area contributed by atoms with Gasteiger partial charge in [0.15, 0.2) is 17.3 Å². The summed E-state index contributed by atoms with van der Waals surface area (Å²) in [5.41, 5.74) is 2.39. The lowest BCUT2D eigenvalue weighted by Gasteiger charge is -2.33. The molecule has 3 aromatic rings. The summed E-state index contributed by atoms with van der Waals surface area (Å²) in [5.74, 6) is 3.19. The molecule has 0 saturated carbocycles. The van der Waals surface area contributed by atoms with Gasteiger partial charge in [-0.15, -0.1) is 0 Å². The number of carbonyl (C=O) groups is 1. The zero-order chi connectivity index (χ0) is 23.6. The highest BCUT2D eigenvalue weighted by Crippen LogP contribution is 2.47. The number of amides is 2. The maximum atomic E-state index is 13.3. The van der Waals surface area contributed by atoms with E-state index in [1.54, 1.807) is 12.0 Å². The zero-order valence-corrected chi connectivity index (χ0v) is 19.4. The topological polar surface area (TPSA) is 90.2 Å². The summed E-state index contributed by atoms with van der Waals surface area (Å²) in [4.78, 5) is 19.9. The first-order valence-electron chi connectivity index (χ1n) is 11.2. The van der Waals surface area contributed by atoms with Crippen molar-refractivity contribution in [2.24, 2.45) is 4.99 Å².